The normalized spacial score (nSPS) is 11.9. The smallest absolute Gasteiger partial charge is 0.251 e. The molecule has 0 aliphatic heterocycles. The Hall–Kier alpha value is -1.84. The summed E-state index contributed by atoms with van der Waals surface area (Å²) in [5.41, 5.74) is 2.30. The Bertz CT molecular complexity index is 554. The molecule has 0 fully saturated rings. The average molecular weight is 290 g/mol. The molecule has 0 saturated heterocycles. The maximum Gasteiger partial charge on any atom is 0.251 e. The number of benzene rings is 2. The van der Waals surface area contributed by atoms with Gasteiger partial charge in [-0.2, -0.15) is 0 Å². The maximum absolute atomic E-state index is 11.9. The third-order valence-electron chi connectivity index (χ3n) is 3.01. The summed E-state index contributed by atoms with van der Waals surface area (Å²) in [5, 5.41) is 12.7. The number of carbonyl (C=O) groups is 1. The topological polar surface area (TPSA) is 49.3 Å². The lowest BCUT2D eigenvalue weighted by atomic mass is 10.1. The summed E-state index contributed by atoms with van der Waals surface area (Å²) in [4.78, 5) is 11.9. The van der Waals surface area contributed by atoms with Gasteiger partial charge in [0.05, 0.1) is 6.10 Å². The number of amides is 1. The number of hydrogen-bond donors (Lipinski definition) is 2. The second-order valence-corrected chi connectivity index (χ2v) is 4.73. The van der Waals surface area contributed by atoms with Gasteiger partial charge in [-0.1, -0.05) is 42.5 Å². The molecule has 2 aromatic rings. The summed E-state index contributed by atoms with van der Waals surface area (Å²) in [7, 11) is 0. The van der Waals surface area contributed by atoms with Crippen molar-refractivity contribution in [3.8, 4) is 0 Å². The Morgan fingerprint density at radius 3 is 2.35 bits per heavy atom. The second-order valence-electron chi connectivity index (χ2n) is 4.47. The first kappa shape index (κ1) is 14.6. The largest absolute Gasteiger partial charge is 0.387 e. The number of rotatable bonds is 5. The number of aliphatic hydroxyl groups excluding tert-OH is 1. The van der Waals surface area contributed by atoms with Crippen LogP contribution in [0.2, 0.25) is 0 Å². The summed E-state index contributed by atoms with van der Waals surface area (Å²) < 4.78 is 0. The molecule has 1 unspecified atom stereocenters. The van der Waals surface area contributed by atoms with Crippen molar-refractivity contribution in [2.45, 2.75) is 12.0 Å². The van der Waals surface area contributed by atoms with Crippen LogP contribution in [0.25, 0.3) is 0 Å². The Labute approximate surface area is 123 Å². The lowest BCUT2D eigenvalue weighted by molar-refractivity contribution is 0.0916. The van der Waals surface area contributed by atoms with Crippen LogP contribution in [0.1, 0.15) is 27.6 Å². The average Bonchev–Trinajstić information content (AvgIpc) is 2.53. The van der Waals surface area contributed by atoms with E-state index < -0.39 is 6.10 Å². The van der Waals surface area contributed by atoms with Crippen molar-refractivity contribution in [3.63, 3.8) is 0 Å². The molecule has 3 nitrogen and oxygen atoms in total. The molecule has 0 heterocycles. The summed E-state index contributed by atoms with van der Waals surface area (Å²) in [6, 6.07) is 16.3. The molecule has 4 heteroatoms. The Balaban J connectivity index is 1.91. The van der Waals surface area contributed by atoms with Crippen LogP contribution >= 0.6 is 11.6 Å². The zero-order valence-corrected chi connectivity index (χ0v) is 11.7. The minimum absolute atomic E-state index is 0.181. The molecule has 0 aliphatic rings. The van der Waals surface area contributed by atoms with Crippen LogP contribution in [0.5, 0.6) is 0 Å². The highest BCUT2D eigenvalue weighted by atomic mass is 35.5. The van der Waals surface area contributed by atoms with Gasteiger partial charge < -0.3 is 10.4 Å². The number of alkyl halides is 1. The fraction of sp³-hybridized carbons (Fsp3) is 0.188. The molecule has 0 radical (unpaired) electrons. The Morgan fingerprint density at radius 2 is 1.75 bits per heavy atom. The predicted molar refractivity (Wildman–Crippen MR) is 79.7 cm³/mol. The van der Waals surface area contributed by atoms with E-state index in [1.165, 1.54) is 0 Å². The van der Waals surface area contributed by atoms with Crippen LogP contribution in [0.3, 0.4) is 0 Å². The molecule has 0 bridgehead atoms. The van der Waals surface area contributed by atoms with Gasteiger partial charge in [0.2, 0.25) is 0 Å². The van der Waals surface area contributed by atoms with Gasteiger partial charge in [0.1, 0.15) is 0 Å². The van der Waals surface area contributed by atoms with Crippen molar-refractivity contribution in [2.75, 3.05) is 6.54 Å². The van der Waals surface area contributed by atoms with Crippen LogP contribution in [-0.2, 0) is 5.88 Å². The van der Waals surface area contributed by atoms with Gasteiger partial charge in [-0.15, -0.1) is 11.6 Å². The van der Waals surface area contributed by atoms with Crippen LogP contribution < -0.4 is 5.32 Å². The van der Waals surface area contributed by atoms with Gasteiger partial charge in [-0.05, 0) is 23.3 Å². The first-order valence-corrected chi connectivity index (χ1v) is 6.90. The fourth-order valence-electron chi connectivity index (χ4n) is 1.83. The third kappa shape index (κ3) is 3.83. The molecule has 2 aromatic carbocycles. The van der Waals surface area contributed by atoms with E-state index in [0.717, 1.165) is 11.1 Å². The zero-order valence-electron chi connectivity index (χ0n) is 10.9. The highest BCUT2D eigenvalue weighted by Gasteiger charge is 2.10. The van der Waals surface area contributed by atoms with Crippen LogP contribution in [0.15, 0.2) is 54.6 Å². The van der Waals surface area contributed by atoms with Gasteiger partial charge in [0, 0.05) is 18.0 Å². The molecule has 20 heavy (non-hydrogen) atoms. The van der Waals surface area contributed by atoms with Gasteiger partial charge in [-0.3, -0.25) is 4.79 Å². The highest BCUT2D eigenvalue weighted by molar-refractivity contribution is 6.17. The van der Waals surface area contributed by atoms with Crippen molar-refractivity contribution in [2.24, 2.45) is 0 Å². The van der Waals surface area contributed by atoms with Crippen molar-refractivity contribution >= 4 is 17.5 Å². The molecule has 1 atom stereocenters. The number of carbonyl (C=O) groups excluding carboxylic acids is 1. The first-order chi connectivity index (χ1) is 9.70. The number of hydrogen-bond acceptors (Lipinski definition) is 2. The predicted octanol–water partition coefficient (Wildman–Crippen LogP) is 2.89. The quantitative estimate of drug-likeness (QED) is 0.832. The van der Waals surface area contributed by atoms with Crippen molar-refractivity contribution in [1.82, 2.24) is 5.32 Å². The second kappa shape index (κ2) is 7.08. The van der Waals surface area contributed by atoms with Crippen LogP contribution in [0.4, 0.5) is 0 Å². The molecule has 0 aliphatic carbocycles. The minimum Gasteiger partial charge on any atom is -0.387 e. The van der Waals surface area contributed by atoms with E-state index in [1.54, 1.807) is 12.1 Å². The molecule has 2 rings (SSSR count). The van der Waals surface area contributed by atoms with Gasteiger partial charge >= 0.3 is 0 Å². The van der Waals surface area contributed by atoms with Gasteiger partial charge in [0.25, 0.3) is 5.91 Å². The summed E-state index contributed by atoms with van der Waals surface area (Å²) in [6.45, 7) is 0.181. The fourth-order valence-corrected chi connectivity index (χ4v) is 2.01. The van der Waals surface area contributed by atoms with Gasteiger partial charge in [-0.25, -0.2) is 0 Å². The third-order valence-corrected chi connectivity index (χ3v) is 3.32. The van der Waals surface area contributed by atoms with E-state index in [1.807, 2.05) is 42.5 Å². The Kier molecular flexibility index (Phi) is 5.16. The lowest BCUT2D eigenvalue weighted by Crippen LogP contribution is -2.28. The lowest BCUT2D eigenvalue weighted by Gasteiger charge is -2.12. The molecule has 0 aromatic heterocycles. The SMILES string of the molecule is O=C(NCC(O)c1ccccc1)c1ccc(CCl)cc1. The first-order valence-electron chi connectivity index (χ1n) is 6.37. The van der Waals surface area contributed by atoms with Crippen molar-refractivity contribution < 1.29 is 9.90 Å². The van der Waals surface area contributed by atoms with Crippen LogP contribution in [0, 0.1) is 0 Å². The molecule has 0 spiro atoms. The molecule has 2 N–H and O–H groups in total. The number of aliphatic hydroxyl groups is 1. The van der Waals surface area contributed by atoms with Gasteiger partial charge in [0.15, 0.2) is 0 Å². The molecular formula is C16H16ClNO2. The summed E-state index contributed by atoms with van der Waals surface area (Å²) >= 11 is 5.70. The minimum atomic E-state index is -0.706. The molecule has 1 amide bonds. The maximum atomic E-state index is 11.9. The monoisotopic (exact) mass is 289 g/mol. The molecule has 0 saturated carbocycles. The van der Waals surface area contributed by atoms with E-state index in [2.05, 4.69) is 5.32 Å². The molecular weight excluding hydrogens is 274 g/mol. The standard InChI is InChI=1S/C16H16ClNO2/c17-10-12-6-8-14(9-7-12)16(20)18-11-15(19)13-4-2-1-3-5-13/h1-9,15,19H,10-11H2,(H,18,20). The van der Waals surface area contributed by atoms with E-state index in [-0.39, 0.29) is 12.5 Å². The highest BCUT2D eigenvalue weighted by Crippen LogP contribution is 2.11. The van der Waals surface area contributed by atoms with Crippen molar-refractivity contribution in [3.05, 3.63) is 71.3 Å². The zero-order chi connectivity index (χ0) is 14.4. The number of nitrogens with one attached hydrogen (secondary N) is 1. The summed E-state index contributed by atoms with van der Waals surface area (Å²) in [5.74, 6) is 0.218. The van der Waals surface area contributed by atoms with Crippen LogP contribution in [-0.4, -0.2) is 17.6 Å². The van der Waals surface area contributed by atoms with E-state index >= 15 is 0 Å². The van der Waals surface area contributed by atoms with E-state index in [9.17, 15) is 9.90 Å². The van der Waals surface area contributed by atoms with E-state index in [0.29, 0.717) is 11.4 Å². The van der Waals surface area contributed by atoms with E-state index in [4.69, 9.17) is 11.6 Å². The summed E-state index contributed by atoms with van der Waals surface area (Å²) in [6.07, 6.45) is -0.706. The Morgan fingerprint density at radius 1 is 1.10 bits per heavy atom. The molecule has 104 valence electrons. The van der Waals surface area contributed by atoms with Crippen molar-refractivity contribution in [1.29, 1.82) is 0 Å². The number of halogens is 1.